The lowest BCUT2D eigenvalue weighted by Gasteiger charge is -2.10. The molecule has 7 nitrogen and oxygen atoms in total. The first-order valence-electron chi connectivity index (χ1n) is 9.36. The number of pyridine rings is 1. The number of fused-ring (bicyclic) bond motifs is 1. The van der Waals surface area contributed by atoms with Gasteiger partial charge in [-0.25, -0.2) is 4.98 Å². The Labute approximate surface area is 176 Å². The highest BCUT2D eigenvalue weighted by atomic mass is 32.1. The van der Waals surface area contributed by atoms with Crippen molar-refractivity contribution >= 4 is 22.4 Å². The lowest BCUT2D eigenvalue weighted by molar-refractivity contribution is 0.102. The van der Waals surface area contributed by atoms with Gasteiger partial charge in [0.2, 0.25) is 6.79 Å². The minimum Gasteiger partial charge on any atom is -0.454 e. The average Bonchev–Trinajstić information content (AvgIpc) is 3.47. The fraction of sp³-hybridized carbons (Fsp3) is 0.136. The standard InChI is InChI=1S/C22H18N4O3S/c1-13-9-17(14(2)26(13)16-3-4-19-20(10-16)29-12-28-19)18-11-30-22(24-18)25-21(27)15-5-7-23-8-6-15/h3-11H,12H2,1-2H3,(H,24,25,27). The van der Waals surface area contributed by atoms with Crippen LogP contribution in [0.5, 0.6) is 11.5 Å². The van der Waals surface area contributed by atoms with Crippen molar-refractivity contribution in [3.05, 3.63) is 71.1 Å². The summed E-state index contributed by atoms with van der Waals surface area (Å²) in [5.74, 6) is 1.30. The van der Waals surface area contributed by atoms with Crippen LogP contribution in [0.2, 0.25) is 0 Å². The van der Waals surface area contributed by atoms with E-state index in [-0.39, 0.29) is 12.7 Å². The second-order valence-corrected chi connectivity index (χ2v) is 7.74. The monoisotopic (exact) mass is 418 g/mol. The zero-order chi connectivity index (χ0) is 20.7. The molecular formula is C22H18N4O3S. The summed E-state index contributed by atoms with van der Waals surface area (Å²) in [5, 5.41) is 5.36. The Morgan fingerprint density at radius 1 is 1.10 bits per heavy atom. The first-order valence-corrected chi connectivity index (χ1v) is 10.2. The largest absolute Gasteiger partial charge is 0.454 e. The Balaban J connectivity index is 1.43. The van der Waals surface area contributed by atoms with Crippen LogP contribution in [0, 0.1) is 13.8 Å². The fourth-order valence-electron chi connectivity index (χ4n) is 3.57. The molecule has 4 heterocycles. The number of ether oxygens (including phenoxy) is 2. The van der Waals surface area contributed by atoms with Gasteiger partial charge in [-0.05, 0) is 44.2 Å². The Morgan fingerprint density at radius 3 is 2.73 bits per heavy atom. The van der Waals surface area contributed by atoms with E-state index in [1.54, 1.807) is 24.5 Å². The topological polar surface area (TPSA) is 78.3 Å². The molecule has 8 heteroatoms. The van der Waals surface area contributed by atoms with Gasteiger partial charge in [0.25, 0.3) is 5.91 Å². The number of rotatable bonds is 4. The molecule has 1 N–H and O–H groups in total. The summed E-state index contributed by atoms with van der Waals surface area (Å²) in [4.78, 5) is 20.9. The minimum absolute atomic E-state index is 0.205. The van der Waals surface area contributed by atoms with Crippen molar-refractivity contribution in [2.75, 3.05) is 12.1 Å². The number of nitrogens with zero attached hydrogens (tertiary/aromatic N) is 3. The van der Waals surface area contributed by atoms with Gasteiger partial charge in [-0.15, -0.1) is 11.3 Å². The number of aryl methyl sites for hydroxylation is 1. The normalized spacial score (nSPS) is 12.2. The number of benzene rings is 1. The lowest BCUT2D eigenvalue weighted by Crippen LogP contribution is -2.11. The number of hydrogen-bond donors (Lipinski definition) is 1. The number of aromatic nitrogens is 3. The van der Waals surface area contributed by atoms with E-state index in [4.69, 9.17) is 9.47 Å². The quantitative estimate of drug-likeness (QED) is 0.524. The summed E-state index contributed by atoms with van der Waals surface area (Å²) >= 11 is 1.40. The Hall–Kier alpha value is -3.65. The molecule has 0 spiro atoms. The van der Waals surface area contributed by atoms with Crippen LogP contribution in [0.3, 0.4) is 0 Å². The van der Waals surface area contributed by atoms with Crippen LogP contribution in [-0.2, 0) is 0 Å². The third-order valence-electron chi connectivity index (χ3n) is 4.99. The van der Waals surface area contributed by atoms with Crippen LogP contribution in [0.25, 0.3) is 16.9 Å². The molecule has 0 saturated heterocycles. The van der Waals surface area contributed by atoms with Gasteiger partial charge in [-0.3, -0.25) is 15.1 Å². The Morgan fingerprint density at radius 2 is 1.90 bits per heavy atom. The second-order valence-electron chi connectivity index (χ2n) is 6.89. The molecule has 0 fully saturated rings. The van der Waals surface area contributed by atoms with Crippen LogP contribution in [0.4, 0.5) is 5.13 Å². The molecule has 1 amide bonds. The molecule has 150 valence electrons. The minimum atomic E-state index is -0.205. The summed E-state index contributed by atoms with van der Waals surface area (Å²) in [6, 6.07) is 11.4. The zero-order valence-corrected chi connectivity index (χ0v) is 17.2. The lowest BCUT2D eigenvalue weighted by atomic mass is 10.2. The van der Waals surface area contributed by atoms with Crippen LogP contribution < -0.4 is 14.8 Å². The summed E-state index contributed by atoms with van der Waals surface area (Å²) < 4.78 is 13.1. The van der Waals surface area contributed by atoms with Crippen LogP contribution in [0.15, 0.2) is 54.2 Å². The number of nitrogens with one attached hydrogen (secondary N) is 1. The van der Waals surface area contributed by atoms with E-state index in [0.29, 0.717) is 10.7 Å². The van der Waals surface area contributed by atoms with E-state index in [2.05, 4.69) is 39.8 Å². The summed E-state index contributed by atoms with van der Waals surface area (Å²) in [5.41, 5.74) is 5.53. The Bertz CT molecular complexity index is 1250. The predicted octanol–water partition coefficient (Wildman–Crippen LogP) is 4.59. The van der Waals surface area contributed by atoms with E-state index < -0.39 is 0 Å². The molecule has 1 aliphatic rings. The van der Waals surface area contributed by atoms with Crippen LogP contribution in [-0.4, -0.2) is 27.2 Å². The summed E-state index contributed by atoms with van der Waals surface area (Å²) in [6.45, 7) is 4.36. The Kier molecular flexibility index (Phi) is 4.48. The molecule has 4 aromatic rings. The molecule has 1 aromatic carbocycles. The molecule has 5 rings (SSSR count). The summed E-state index contributed by atoms with van der Waals surface area (Å²) in [7, 11) is 0. The molecule has 1 aliphatic heterocycles. The van der Waals surface area contributed by atoms with Crippen LogP contribution in [0.1, 0.15) is 21.7 Å². The molecule has 3 aromatic heterocycles. The maximum absolute atomic E-state index is 12.4. The molecule has 0 radical (unpaired) electrons. The first kappa shape index (κ1) is 18.4. The molecule has 0 atom stereocenters. The van der Waals surface area contributed by atoms with E-state index in [1.165, 1.54) is 11.3 Å². The van der Waals surface area contributed by atoms with Gasteiger partial charge in [0.15, 0.2) is 16.6 Å². The number of thiazole rings is 1. The highest BCUT2D eigenvalue weighted by Crippen LogP contribution is 2.36. The van der Waals surface area contributed by atoms with Gasteiger partial charge in [0.1, 0.15) is 0 Å². The predicted molar refractivity (Wildman–Crippen MR) is 115 cm³/mol. The maximum Gasteiger partial charge on any atom is 0.257 e. The van der Waals surface area contributed by atoms with E-state index in [1.807, 2.05) is 23.6 Å². The first-order chi connectivity index (χ1) is 14.6. The number of carbonyl (C=O) groups is 1. The van der Waals surface area contributed by atoms with E-state index >= 15 is 0 Å². The van der Waals surface area contributed by atoms with Gasteiger partial charge < -0.3 is 14.0 Å². The van der Waals surface area contributed by atoms with Gasteiger partial charge in [-0.1, -0.05) is 0 Å². The van der Waals surface area contributed by atoms with Crippen molar-refractivity contribution in [2.45, 2.75) is 13.8 Å². The number of hydrogen-bond acceptors (Lipinski definition) is 6. The van der Waals surface area contributed by atoms with Gasteiger partial charge in [0.05, 0.1) is 5.69 Å². The SMILES string of the molecule is Cc1cc(-c2csc(NC(=O)c3ccncc3)n2)c(C)n1-c1ccc2c(c1)OCO2. The van der Waals surface area contributed by atoms with Crippen LogP contribution >= 0.6 is 11.3 Å². The third-order valence-corrected chi connectivity index (χ3v) is 5.75. The second kappa shape index (κ2) is 7.31. The van der Waals surface area contributed by atoms with Crippen molar-refractivity contribution in [3.8, 4) is 28.4 Å². The highest BCUT2D eigenvalue weighted by Gasteiger charge is 2.19. The molecule has 0 bridgehead atoms. The van der Waals surface area contributed by atoms with Crippen molar-refractivity contribution in [1.29, 1.82) is 0 Å². The molecule has 0 aliphatic carbocycles. The molecule has 30 heavy (non-hydrogen) atoms. The van der Waals surface area contributed by atoms with Crippen molar-refractivity contribution in [2.24, 2.45) is 0 Å². The number of amides is 1. The van der Waals surface area contributed by atoms with E-state index in [0.717, 1.165) is 39.8 Å². The fourth-order valence-corrected chi connectivity index (χ4v) is 4.28. The maximum atomic E-state index is 12.4. The highest BCUT2D eigenvalue weighted by molar-refractivity contribution is 7.14. The van der Waals surface area contributed by atoms with Crippen molar-refractivity contribution < 1.29 is 14.3 Å². The van der Waals surface area contributed by atoms with Gasteiger partial charge in [0, 0.05) is 52.0 Å². The average molecular weight is 418 g/mol. The zero-order valence-electron chi connectivity index (χ0n) is 16.4. The molecule has 0 saturated carbocycles. The van der Waals surface area contributed by atoms with Crippen molar-refractivity contribution in [3.63, 3.8) is 0 Å². The van der Waals surface area contributed by atoms with Crippen molar-refractivity contribution in [1.82, 2.24) is 14.5 Å². The molecule has 0 unspecified atom stereocenters. The third kappa shape index (κ3) is 3.21. The number of anilines is 1. The summed E-state index contributed by atoms with van der Waals surface area (Å²) in [6.07, 6.45) is 3.18. The van der Waals surface area contributed by atoms with Gasteiger partial charge in [-0.2, -0.15) is 0 Å². The number of carbonyl (C=O) groups excluding carboxylic acids is 1. The van der Waals surface area contributed by atoms with E-state index in [9.17, 15) is 4.79 Å². The smallest absolute Gasteiger partial charge is 0.257 e. The van der Waals surface area contributed by atoms with Gasteiger partial charge >= 0.3 is 0 Å². The molecular weight excluding hydrogens is 400 g/mol.